The molecule has 0 aliphatic carbocycles. The molecule has 0 atom stereocenters. The van der Waals surface area contributed by atoms with Crippen molar-refractivity contribution in [2.75, 3.05) is 0 Å². The van der Waals surface area contributed by atoms with Gasteiger partial charge in [0.1, 0.15) is 0 Å². The molecule has 1 heterocycles. The van der Waals surface area contributed by atoms with Crippen LogP contribution in [-0.2, 0) is 16.6 Å². The second-order valence-electron chi connectivity index (χ2n) is 4.04. The fourth-order valence-corrected chi connectivity index (χ4v) is 2.60. The van der Waals surface area contributed by atoms with E-state index < -0.39 is 10.0 Å². The van der Waals surface area contributed by atoms with Crippen molar-refractivity contribution >= 4 is 15.8 Å². The molecule has 0 radical (unpaired) electrons. The van der Waals surface area contributed by atoms with E-state index in [-0.39, 0.29) is 17.2 Å². The lowest BCUT2D eigenvalue weighted by atomic mass is 10.2. The lowest BCUT2D eigenvalue weighted by molar-refractivity contribution is 0.101. The van der Waals surface area contributed by atoms with Crippen LogP contribution in [0.3, 0.4) is 0 Å². The van der Waals surface area contributed by atoms with E-state index in [1.165, 1.54) is 31.6 Å². The quantitative estimate of drug-likeness (QED) is 0.849. The normalized spacial score (nSPS) is 11.4. The number of sulfonamides is 1. The van der Waals surface area contributed by atoms with Crippen LogP contribution in [0, 0.1) is 0 Å². The Labute approximate surface area is 111 Å². The molecule has 2 aromatic rings. The fraction of sp³-hybridized carbons (Fsp3) is 0.154. The molecule has 6 heteroatoms. The number of furan rings is 1. The average Bonchev–Trinajstić information content (AvgIpc) is 2.90. The molecule has 5 nitrogen and oxygen atoms in total. The number of carbonyl (C=O) groups is 1. The molecule has 19 heavy (non-hydrogen) atoms. The molecule has 0 aliphatic heterocycles. The molecular weight excluding hydrogens is 266 g/mol. The highest BCUT2D eigenvalue weighted by molar-refractivity contribution is 7.89. The van der Waals surface area contributed by atoms with Gasteiger partial charge in [-0.05, 0) is 25.1 Å². The van der Waals surface area contributed by atoms with Crippen LogP contribution >= 0.6 is 0 Å². The van der Waals surface area contributed by atoms with Crippen LogP contribution in [0.1, 0.15) is 22.8 Å². The predicted octanol–water partition coefficient (Wildman–Crippen LogP) is 1.96. The van der Waals surface area contributed by atoms with E-state index >= 15 is 0 Å². The van der Waals surface area contributed by atoms with Gasteiger partial charge in [-0.2, -0.15) is 0 Å². The maximum atomic E-state index is 12.0. The van der Waals surface area contributed by atoms with E-state index in [9.17, 15) is 13.2 Å². The zero-order valence-electron chi connectivity index (χ0n) is 10.3. The van der Waals surface area contributed by atoms with Gasteiger partial charge < -0.3 is 4.42 Å². The van der Waals surface area contributed by atoms with Gasteiger partial charge in [0, 0.05) is 17.7 Å². The van der Waals surface area contributed by atoms with Crippen molar-refractivity contribution in [1.29, 1.82) is 0 Å². The number of rotatable bonds is 5. The molecule has 0 bridgehead atoms. The van der Waals surface area contributed by atoms with Crippen molar-refractivity contribution in [3.63, 3.8) is 0 Å². The minimum absolute atomic E-state index is 0.0729. The third-order valence-electron chi connectivity index (χ3n) is 2.60. The van der Waals surface area contributed by atoms with Crippen LogP contribution in [0.2, 0.25) is 0 Å². The standard InChI is InChI=1S/C13H13NO4S/c1-10(15)12-3-2-4-13(7-12)19(16,17)14-8-11-5-6-18-9-11/h2-7,9,14H,8H2,1H3. The molecule has 0 saturated carbocycles. The zero-order chi connectivity index (χ0) is 13.9. The van der Waals surface area contributed by atoms with E-state index in [4.69, 9.17) is 4.42 Å². The molecule has 0 fully saturated rings. The first-order valence-electron chi connectivity index (χ1n) is 5.61. The summed E-state index contributed by atoms with van der Waals surface area (Å²) in [5.74, 6) is -0.174. The number of Topliss-reactive ketones (excluding diaryl/α,β-unsaturated/α-hetero) is 1. The van der Waals surface area contributed by atoms with Crippen molar-refractivity contribution in [3.05, 3.63) is 54.0 Å². The summed E-state index contributed by atoms with van der Waals surface area (Å²) in [6.45, 7) is 1.54. The first-order valence-corrected chi connectivity index (χ1v) is 7.09. The molecule has 2 rings (SSSR count). The summed E-state index contributed by atoms with van der Waals surface area (Å²) in [5.41, 5.74) is 1.09. The Morgan fingerprint density at radius 2 is 2.11 bits per heavy atom. The third-order valence-corrected chi connectivity index (χ3v) is 4.00. The summed E-state index contributed by atoms with van der Waals surface area (Å²) in [6, 6.07) is 7.61. The Hall–Kier alpha value is -1.92. The van der Waals surface area contributed by atoms with Gasteiger partial charge in [0.25, 0.3) is 0 Å². The Balaban J connectivity index is 2.19. The number of nitrogens with one attached hydrogen (secondary N) is 1. The number of ketones is 1. The summed E-state index contributed by atoms with van der Waals surface area (Å²) in [6.07, 6.45) is 2.94. The van der Waals surface area contributed by atoms with Gasteiger partial charge in [-0.15, -0.1) is 0 Å². The molecule has 0 amide bonds. The Morgan fingerprint density at radius 3 is 2.74 bits per heavy atom. The first kappa shape index (κ1) is 13.5. The van der Waals surface area contributed by atoms with Crippen molar-refractivity contribution in [1.82, 2.24) is 4.72 Å². The summed E-state index contributed by atoms with van der Waals surface area (Å²) in [7, 11) is -3.64. The highest BCUT2D eigenvalue weighted by atomic mass is 32.2. The number of carbonyl (C=O) groups excluding carboxylic acids is 1. The summed E-state index contributed by atoms with van der Waals surface area (Å²) in [4.78, 5) is 11.3. The molecule has 0 saturated heterocycles. The van der Waals surface area contributed by atoms with Gasteiger partial charge in [-0.3, -0.25) is 4.79 Å². The zero-order valence-corrected chi connectivity index (χ0v) is 11.1. The SMILES string of the molecule is CC(=O)c1cccc(S(=O)(=O)NCc2ccoc2)c1. The molecular formula is C13H13NO4S. The Morgan fingerprint density at radius 1 is 1.32 bits per heavy atom. The second-order valence-corrected chi connectivity index (χ2v) is 5.81. The molecule has 1 N–H and O–H groups in total. The maximum absolute atomic E-state index is 12.0. The van der Waals surface area contributed by atoms with E-state index in [2.05, 4.69) is 4.72 Å². The highest BCUT2D eigenvalue weighted by Gasteiger charge is 2.15. The van der Waals surface area contributed by atoms with Crippen LogP contribution in [0.15, 0.2) is 52.2 Å². The van der Waals surface area contributed by atoms with Gasteiger partial charge >= 0.3 is 0 Å². The number of hydrogen-bond acceptors (Lipinski definition) is 4. The average molecular weight is 279 g/mol. The smallest absolute Gasteiger partial charge is 0.240 e. The summed E-state index contributed by atoms with van der Waals surface area (Å²) < 4.78 is 31.4. The lowest BCUT2D eigenvalue weighted by Gasteiger charge is -2.06. The van der Waals surface area contributed by atoms with Gasteiger partial charge in [0.2, 0.25) is 10.0 Å². The number of hydrogen-bond donors (Lipinski definition) is 1. The van der Waals surface area contributed by atoms with Crippen LogP contribution in [0.4, 0.5) is 0 Å². The minimum atomic E-state index is -3.64. The van der Waals surface area contributed by atoms with Crippen LogP contribution in [-0.4, -0.2) is 14.2 Å². The van der Waals surface area contributed by atoms with E-state index in [0.29, 0.717) is 5.56 Å². The summed E-state index contributed by atoms with van der Waals surface area (Å²) in [5, 5.41) is 0. The van der Waals surface area contributed by atoms with Crippen molar-refractivity contribution in [2.45, 2.75) is 18.4 Å². The highest BCUT2D eigenvalue weighted by Crippen LogP contribution is 2.12. The predicted molar refractivity (Wildman–Crippen MR) is 69.2 cm³/mol. The molecule has 0 unspecified atom stereocenters. The monoisotopic (exact) mass is 279 g/mol. The van der Waals surface area contributed by atoms with E-state index in [1.54, 1.807) is 18.2 Å². The van der Waals surface area contributed by atoms with E-state index in [1.807, 2.05) is 0 Å². The molecule has 0 spiro atoms. The molecule has 100 valence electrons. The van der Waals surface area contributed by atoms with E-state index in [0.717, 1.165) is 5.56 Å². The van der Waals surface area contributed by atoms with Gasteiger partial charge in [-0.1, -0.05) is 12.1 Å². The molecule has 1 aromatic carbocycles. The second kappa shape index (κ2) is 5.38. The minimum Gasteiger partial charge on any atom is -0.472 e. The largest absolute Gasteiger partial charge is 0.472 e. The van der Waals surface area contributed by atoms with Crippen molar-refractivity contribution in [2.24, 2.45) is 0 Å². The van der Waals surface area contributed by atoms with Crippen LogP contribution in [0.25, 0.3) is 0 Å². The summed E-state index contributed by atoms with van der Waals surface area (Å²) >= 11 is 0. The number of benzene rings is 1. The first-order chi connectivity index (χ1) is 8.99. The van der Waals surface area contributed by atoms with Crippen LogP contribution < -0.4 is 4.72 Å². The topological polar surface area (TPSA) is 76.4 Å². The fourth-order valence-electron chi connectivity index (χ4n) is 1.54. The maximum Gasteiger partial charge on any atom is 0.240 e. The van der Waals surface area contributed by atoms with Crippen LogP contribution in [0.5, 0.6) is 0 Å². The van der Waals surface area contributed by atoms with Gasteiger partial charge in [-0.25, -0.2) is 13.1 Å². The van der Waals surface area contributed by atoms with Crippen molar-refractivity contribution < 1.29 is 17.6 Å². The van der Waals surface area contributed by atoms with Gasteiger partial charge in [0.05, 0.1) is 17.4 Å². The Kier molecular flexibility index (Phi) is 3.82. The molecule has 1 aromatic heterocycles. The van der Waals surface area contributed by atoms with Gasteiger partial charge in [0.15, 0.2) is 5.78 Å². The van der Waals surface area contributed by atoms with Crippen molar-refractivity contribution in [3.8, 4) is 0 Å². The third kappa shape index (κ3) is 3.30. The molecule has 0 aliphatic rings. The lowest BCUT2D eigenvalue weighted by Crippen LogP contribution is -2.23. The Bertz CT molecular complexity index is 674.